The van der Waals surface area contributed by atoms with Crippen LogP contribution in [0.2, 0.25) is 0 Å². The van der Waals surface area contributed by atoms with Crippen molar-refractivity contribution in [1.82, 2.24) is 14.8 Å². The molecule has 126 valence electrons. The molecule has 1 aliphatic heterocycles. The second kappa shape index (κ2) is 6.74. The average Bonchev–Trinajstić information content (AvgIpc) is 2.92. The molecule has 1 N–H and O–H groups in total. The number of carbonyl (C=O) groups excluding carboxylic acids is 2. The van der Waals surface area contributed by atoms with Crippen LogP contribution in [0.25, 0.3) is 0 Å². The summed E-state index contributed by atoms with van der Waals surface area (Å²) in [5, 5.41) is 2.78. The van der Waals surface area contributed by atoms with Crippen LogP contribution in [-0.2, 0) is 18.4 Å². The molecule has 2 amide bonds. The molecule has 0 bridgehead atoms. The zero-order chi connectivity index (χ0) is 17.1. The van der Waals surface area contributed by atoms with Crippen LogP contribution in [0.3, 0.4) is 0 Å². The highest BCUT2D eigenvalue weighted by molar-refractivity contribution is 5.92. The lowest BCUT2D eigenvalue weighted by Crippen LogP contribution is -2.39. The molecule has 1 aromatic heterocycles. The Balaban J connectivity index is 1.61. The van der Waals surface area contributed by atoms with Crippen molar-refractivity contribution in [2.24, 2.45) is 7.05 Å². The fourth-order valence-electron chi connectivity index (χ4n) is 2.63. The minimum Gasteiger partial charge on any atom is -0.483 e. The quantitative estimate of drug-likeness (QED) is 0.919. The summed E-state index contributed by atoms with van der Waals surface area (Å²) in [7, 11) is 1.79. The molecule has 2 aromatic rings. The summed E-state index contributed by atoms with van der Waals surface area (Å²) in [5.74, 6) is -0.254. The zero-order valence-electron chi connectivity index (χ0n) is 13.3. The Morgan fingerprint density at radius 1 is 1.38 bits per heavy atom. The number of carbonyl (C=O) groups is 2. The topological polar surface area (TPSA) is 63.6 Å². The molecule has 0 saturated heterocycles. The number of halogens is 1. The molecule has 0 aliphatic carbocycles. The van der Waals surface area contributed by atoms with Crippen LogP contribution in [0.5, 0.6) is 5.75 Å². The fraction of sp³-hybridized carbons (Fsp3) is 0.294. The number of ether oxygens (including phenoxy) is 1. The van der Waals surface area contributed by atoms with E-state index in [9.17, 15) is 14.0 Å². The summed E-state index contributed by atoms with van der Waals surface area (Å²) in [6.45, 7) is 0.797. The van der Waals surface area contributed by atoms with Gasteiger partial charge in [0, 0.05) is 38.4 Å². The zero-order valence-corrected chi connectivity index (χ0v) is 13.3. The van der Waals surface area contributed by atoms with Crippen molar-refractivity contribution in [3.05, 3.63) is 53.6 Å². The van der Waals surface area contributed by atoms with Crippen LogP contribution >= 0.6 is 0 Å². The van der Waals surface area contributed by atoms with Gasteiger partial charge in [-0.25, -0.2) is 4.39 Å². The normalized spacial score (nSPS) is 13.9. The largest absolute Gasteiger partial charge is 0.483 e. The molecular formula is C17H18FN3O3. The predicted octanol–water partition coefficient (Wildman–Crippen LogP) is 1.32. The van der Waals surface area contributed by atoms with Gasteiger partial charge in [-0.15, -0.1) is 0 Å². The summed E-state index contributed by atoms with van der Waals surface area (Å²) in [6, 6.07) is 7.70. The Bertz CT molecular complexity index is 772. The lowest BCUT2D eigenvalue weighted by Gasteiger charge is -2.20. The maximum atomic E-state index is 13.4. The van der Waals surface area contributed by atoms with E-state index in [4.69, 9.17) is 4.74 Å². The Hall–Kier alpha value is -2.83. The maximum absolute atomic E-state index is 13.4. The van der Waals surface area contributed by atoms with E-state index in [0.717, 1.165) is 0 Å². The van der Waals surface area contributed by atoms with Gasteiger partial charge in [-0.1, -0.05) is 0 Å². The van der Waals surface area contributed by atoms with Crippen LogP contribution in [0.4, 0.5) is 4.39 Å². The smallest absolute Gasteiger partial charge is 0.267 e. The summed E-state index contributed by atoms with van der Waals surface area (Å²) in [5.41, 5.74) is 1.17. The third-order valence-electron chi connectivity index (χ3n) is 3.93. The molecule has 6 nitrogen and oxygen atoms in total. The SMILES string of the molecule is Cn1cccc1C(=O)NCCN1Cc2cc(F)ccc2OCC1=O. The molecular weight excluding hydrogens is 313 g/mol. The number of hydrogen-bond donors (Lipinski definition) is 1. The number of nitrogens with one attached hydrogen (secondary N) is 1. The number of fused-ring (bicyclic) bond motifs is 1. The van der Waals surface area contributed by atoms with Crippen LogP contribution in [0.1, 0.15) is 16.1 Å². The van der Waals surface area contributed by atoms with E-state index < -0.39 is 0 Å². The van der Waals surface area contributed by atoms with Gasteiger partial charge in [0.15, 0.2) is 6.61 Å². The first-order valence-electron chi connectivity index (χ1n) is 7.63. The van der Waals surface area contributed by atoms with Crippen LogP contribution in [0, 0.1) is 5.82 Å². The van der Waals surface area contributed by atoms with Crippen molar-refractivity contribution >= 4 is 11.8 Å². The van der Waals surface area contributed by atoms with E-state index in [2.05, 4.69) is 5.32 Å². The van der Waals surface area contributed by atoms with Crippen molar-refractivity contribution in [2.75, 3.05) is 19.7 Å². The molecule has 0 spiro atoms. The van der Waals surface area contributed by atoms with Gasteiger partial charge in [-0.2, -0.15) is 0 Å². The minimum absolute atomic E-state index is 0.0929. The van der Waals surface area contributed by atoms with Gasteiger partial charge >= 0.3 is 0 Å². The Kier molecular flexibility index (Phi) is 4.50. The van der Waals surface area contributed by atoms with Crippen molar-refractivity contribution < 1.29 is 18.7 Å². The fourth-order valence-corrected chi connectivity index (χ4v) is 2.63. The molecule has 2 heterocycles. The third-order valence-corrected chi connectivity index (χ3v) is 3.93. The summed E-state index contributed by atoms with van der Waals surface area (Å²) < 4.78 is 20.5. The molecule has 3 rings (SSSR count). The first-order valence-corrected chi connectivity index (χ1v) is 7.63. The summed E-state index contributed by atoms with van der Waals surface area (Å²) in [6.07, 6.45) is 1.79. The second-order valence-electron chi connectivity index (χ2n) is 5.62. The summed E-state index contributed by atoms with van der Waals surface area (Å²) >= 11 is 0. The molecule has 0 radical (unpaired) electrons. The Morgan fingerprint density at radius 2 is 2.21 bits per heavy atom. The molecule has 0 fully saturated rings. The lowest BCUT2D eigenvalue weighted by atomic mass is 10.2. The Morgan fingerprint density at radius 3 is 2.96 bits per heavy atom. The standard InChI is InChI=1S/C17H18FN3O3/c1-20-7-2-3-14(20)17(23)19-6-8-21-10-12-9-13(18)4-5-15(12)24-11-16(21)22/h2-5,7,9H,6,8,10-11H2,1H3,(H,19,23). The summed E-state index contributed by atoms with van der Waals surface area (Å²) in [4.78, 5) is 25.7. The molecule has 24 heavy (non-hydrogen) atoms. The van der Waals surface area contributed by atoms with E-state index in [1.165, 1.54) is 18.2 Å². The van der Waals surface area contributed by atoms with Gasteiger partial charge in [0.1, 0.15) is 17.3 Å². The Labute approximate surface area is 138 Å². The molecule has 0 atom stereocenters. The van der Waals surface area contributed by atoms with Gasteiger partial charge in [0.05, 0.1) is 0 Å². The molecule has 0 unspecified atom stereocenters. The van der Waals surface area contributed by atoms with Crippen LogP contribution < -0.4 is 10.1 Å². The second-order valence-corrected chi connectivity index (χ2v) is 5.62. The van der Waals surface area contributed by atoms with Gasteiger partial charge in [-0.3, -0.25) is 9.59 Å². The van der Waals surface area contributed by atoms with Crippen molar-refractivity contribution in [3.63, 3.8) is 0 Å². The highest BCUT2D eigenvalue weighted by atomic mass is 19.1. The number of benzene rings is 1. The van der Waals surface area contributed by atoms with Gasteiger partial charge in [0.2, 0.25) is 0 Å². The van der Waals surface area contributed by atoms with Crippen LogP contribution in [0.15, 0.2) is 36.5 Å². The monoisotopic (exact) mass is 331 g/mol. The number of hydrogen-bond acceptors (Lipinski definition) is 3. The van der Waals surface area contributed by atoms with Crippen molar-refractivity contribution in [2.45, 2.75) is 6.54 Å². The molecule has 1 aromatic carbocycles. The number of amides is 2. The van der Waals surface area contributed by atoms with Crippen molar-refractivity contribution in [3.8, 4) is 5.75 Å². The van der Waals surface area contributed by atoms with Gasteiger partial charge in [-0.05, 0) is 30.3 Å². The average molecular weight is 331 g/mol. The van der Waals surface area contributed by atoms with E-state index >= 15 is 0 Å². The van der Waals surface area contributed by atoms with E-state index in [0.29, 0.717) is 30.1 Å². The van der Waals surface area contributed by atoms with Gasteiger partial charge < -0.3 is 19.5 Å². The predicted molar refractivity (Wildman–Crippen MR) is 85.1 cm³/mol. The van der Waals surface area contributed by atoms with Gasteiger partial charge in [0.25, 0.3) is 11.8 Å². The molecule has 7 heteroatoms. The number of rotatable bonds is 4. The number of nitrogens with zero attached hydrogens (tertiary/aromatic N) is 2. The number of aromatic nitrogens is 1. The first kappa shape index (κ1) is 16.0. The minimum atomic E-state index is -0.372. The first-order chi connectivity index (χ1) is 11.5. The van der Waals surface area contributed by atoms with E-state index in [1.54, 1.807) is 34.8 Å². The highest BCUT2D eigenvalue weighted by Crippen LogP contribution is 2.24. The number of aryl methyl sites for hydroxylation is 1. The lowest BCUT2D eigenvalue weighted by molar-refractivity contribution is -0.133. The van der Waals surface area contributed by atoms with E-state index in [-0.39, 0.29) is 30.8 Å². The molecule has 0 saturated carbocycles. The maximum Gasteiger partial charge on any atom is 0.267 e. The third kappa shape index (κ3) is 3.40. The van der Waals surface area contributed by atoms with Crippen molar-refractivity contribution in [1.29, 1.82) is 0 Å². The molecule has 1 aliphatic rings. The van der Waals surface area contributed by atoms with E-state index in [1.807, 2.05) is 0 Å². The highest BCUT2D eigenvalue weighted by Gasteiger charge is 2.22. The van der Waals surface area contributed by atoms with Crippen LogP contribution in [-0.4, -0.2) is 41.0 Å².